The van der Waals surface area contributed by atoms with Gasteiger partial charge in [-0.2, -0.15) is 5.10 Å². The zero-order valence-electron chi connectivity index (χ0n) is 15.8. The first kappa shape index (κ1) is 17.9. The van der Waals surface area contributed by atoms with E-state index in [1.54, 1.807) is 18.0 Å². The molecule has 0 aliphatic carbocycles. The first-order valence-corrected chi connectivity index (χ1v) is 9.55. The van der Waals surface area contributed by atoms with Gasteiger partial charge in [-0.25, -0.2) is 9.50 Å². The summed E-state index contributed by atoms with van der Waals surface area (Å²) < 4.78 is 12.9. The molecule has 6 nitrogen and oxygen atoms in total. The molecule has 0 spiro atoms. The Morgan fingerprint density at radius 3 is 2.89 bits per heavy atom. The van der Waals surface area contributed by atoms with E-state index in [2.05, 4.69) is 39.2 Å². The lowest BCUT2D eigenvalue weighted by atomic mass is 10.1. The highest BCUT2D eigenvalue weighted by Gasteiger charge is 2.19. The van der Waals surface area contributed by atoms with Gasteiger partial charge in [0, 0.05) is 32.4 Å². The minimum Gasteiger partial charge on any atom is -0.497 e. The van der Waals surface area contributed by atoms with Crippen molar-refractivity contribution in [2.24, 2.45) is 0 Å². The van der Waals surface area contributed by atoms with Crippen molar-refractivity contribution < 1.29 is 9.47 Å². The van der Waals surface area contributed by atoms with E-state index in [-0.39, 0.29) is 0 Å². The van der Waals surface area contributed by atoms with Crippen LogP contribution < -0.4 is 4.74 Å². The number of rotatable bonds is 8. The molecule has 0 bridgehead atoms. The maximum Gasteiger partial charge on any atom is 0.155 e. The second kappa shape index (κ2) is 8.50. The summed E-state index contributed by atoms with van der Waals surface area (Å²) in [5.41, 5.74) is 3.46. The van der Waals surface area contributed by atoms with Gasteiger partial charge in [-0.1, -0.05) is 12.1 Å². The molecule has 3 heterocycles. The zero-order valence-corrected chi connectivity index (χ0v) is 15.8. The average molecular weight is 366 g/mol. The Bertz CT molecular complexity index is 856. The fraction of sp³-hybridized carbons (Fsp3) is 0.429. The Kier molecular flexibility index (Phi) is 5.65. The minimum absolute atomic E-state index is 0.345. The zero-order chi connectivity index (χ0) is 18.5. The standard InChI is InChI=1S/C21H26N4O2/c1-26-19-6-4-17(5-7-19)8-10-24(15-20-3-2-12-27-20)14-18-9-11-25-21(13-18)22-16-23-25/h4-7,9,11,13,16,20H,2-3,8,10,12,14-15H2,1H3. The molecule has 0 radical (unpaired) electrons. The van der Waals surface area contributed by atoms with E-state index in [1.807, 2.05) is 18.3 Å². The van der Waals surface area contributed by atoms with E-state index in [0.717, 1.165) is 50.5 Å². The van der Waals surface area contributed by atoms with Gasteiger partial charge in [0.25, 0.3) is 0 Å². The number of hydrogen-bond acceptors (Lipinski definition) is 5. The number of hydrogen-bond donors (Lipinski definition) is 0. The Hall–Kier alpha value is -2.44. The molecule has 1 aliphatic heterocycles. The Morgan fingerprint density at radius 1 is 1.22 bits per heavy atom. The summed E-state index contributed by atoms with van der Waals surface area (Å²) in [5, 5.41) is 4.17. The van der Waals surface area contributed by atoms with E-state index in [4.69, 9.17) is 9.47 Å². The molecule has 1 atom stereocenters. The van der Waals surface area contributed by atoms with E-state index in [0.29, 0.717) is 6.10 Å². The summed E-state index contributed by atoms with van der Waals surface area (Å²) in [5.74, 6) is 0.900. The number of pyridine rings is 1. The van der Waals surface area contributed by atoms with Gasteiger partial charge >= 0.3 is 0 Å². The van der Waals surface area contributed by atoms with E-state index >= 15 is 0 Å². The topological polar surface area (TPSA) is 51.9 Å². The maximum atomic E-state index is 5.88. The summed E-state index contributed by atoms with van der Waals surface area (Å²) in [6.45, 7) is 3.74. The molecule has 1 unspecified atom stereocenters. The van der Waals surface area contributed by atoms with Crippen LogP contribution in [0.15, 0.2) is 48.9 Å². The number of ether oxygens (including phenoxy) is 2. The van der Waals surface area contributed by atoms with E-state index < -0.39 is 0 Å². The van der Waals surface area contributed by atoms with Crippen molar-refractivity contribution in [3.05, 3.63) is 60.0 Å². The van der Waals surface area contributed by atoms with Crippen LogP contribution in [0.3, 0.4) is 0 Å². The van der Waals surface area contributed by atoms with Gasteiger partial charge in [-0.3, -0.25) is 4.90 Å². The van der Waals surface area contributed by atoms with Crippen LogP contribution in [-0.4, -0.2) is 52.4 Å². The SMILES string of the molecule is COc1ccc(CCN(Cc2ccn3ncnc3c2)CC2CCCO2)cc1. The third-order valence-electron chi connectivity index (χ3n) is 5.11. The molecule has 1 aliphatic rings. The molecule has 0 N–H and O–H groups in total. The van der Waals surface area contributed by atoms with Crippen molar-refractivity contribution in [3.8, 4) is 5.75 Å². The third kappa shape index (κ3) is 4.64. The lowest BCUT2D eigenvalue weighted by Crippen LogP contribution is -2.33. The van der Waals surface area contributed by atoms with Crippen molar-refractivity contribution in [2.75, 3.05) is 26.8 Å². The predicted octanol–water partition coefficient (Wildman–Crippen LogP) is 2.96. The van der Waals surface area contributed by atoms with Gasteiger partial charge in [0.15, 0.2) is 5.65 Å². The number of aromatic nitrogens is 3. The first-order valence-electron chi connectivity index (χ1n) is 9.55. The molecule has 3 aromatic rings. The largest absolute Gasteiger partial charge is 0.497 e. The second-order valence-corrected chi connectivity index (χ2v) is 7.07. The molecule has 4 rings (SSSR count). The van der Waals surface area contributed by atoms with Gasteiger partial charge in [-0.15, -0.1) is 0 Å². The molecule has 2 aromatic heterocycles. The Morgan fingerprint density at radius 2 is 2.11 bits per heavy atom. The van der Waals surface area contributed by atoms with Gasteiger partial charge in [0.2, 0.25) is 0 Å². The van der Waals surface area contributed by atoms with Crippen molar-refractivity contribution in [1.82, 2.24) is 19.5 Å². The average Bonchev–Trinajstić information content (AvgIpc) is 3.38. The normalized spacial score (nSPS) is 17.0. The van der Waals surface area contributed by atoms with E-state index in [9.17, 15) is 0 Å². The number of methoxy groups -OCH3 is 1. The quantitative estimate of drug-likeness (QED) is 0.613. The van der Waals surface area contributed by atoms with Crippen LogP contribution in [0, 0.1) is 0 Å². The lowest BCUT2D eigenvalue weighted by Gasteiger charge is -2.25. The predicted molar refractivity (Wildman–Crippen MR) is 104 cm³/mol. The summed E-state index contributed by atoms with van der Waals surface area (Å²) in [4.78, 5) is 6.79. The van der Waals surface area contributed by atoms with Crippen LogP contribution in [-0.2, 0) is 17.7 Å². The molecule has 27 heavy (non-hydrogen) atoms. The van der Waals surface area contributed by atoms with Crippen LogP contribution in [0.25, 0.3) is 5.65 Å². The molecule has 6 heteroatoms. The van der Waals surface area contributed by atoms with Crippen LogP contribution in [0.1, 0.15) is 24.0 Å². The number of fused-ring (bicyclic) bond motifs is 1. The Balaban J connectivity index is 1.43. The number of benzene rings is 1. The molecule has 142 valence electrons. The summed E-state index contributed by atoms with van der Waals surface area (Å²) in [6, 6.07) is 12.6. The molecule has 0 saturated carbocycles. The molecule has 0 amide bonds. The van der Waals surface area contributed by atoms with Gasteiger partial charge < -0.3 is 9.47 Å². The lowest BCUT2D eigenvalue weighted by molar-refractivity contribution is 0.0709. The van der Waals surface area contributed by atoms with Gasteiger partial charge in [0.1, 0.15) is 12.1 Å². The Labute approximate surface area is 159 Å². The fourth-order valence-electron chi connectivity index (χ4n) is 3.60. The summed E-state index contributed by atoms with van der Waals surface area (Å²) in [7, 11) is 1.70. The van der Waals surface area contributed by atoms with Crippen molar-refractivity contribution in [3.63, 3.8) is 0 Å². The molecular formula is C21H26N4O2. The maximum absolute atomic E-state index is 5.88. The van der Waals surface area contributed by atoms with Crippen LogP contribution in [0.5, 0.6) is 5.75 Å². The second-order valence-electron chi connectivity index (χ2n) is 7.07. The molecule has 1 aromatic carbocycles. The van der Waals surface area contributed by atoms with Crippen molar-refractivity contribution >= 4 is 5.65 Å². The summed E-state index contributed by atoms with van der Waals surface area (Å²) in [6.07, 6.45) is 7.24. The van der Waals surface area contributed by atoms with Crippen molar-refractivity contribution in [1.29, 1.82) is 0 Å². The highest BCUT2D eigenvalue weighted by Crippen LogP contribution is 2.17. The van der Waals surface area contributed by atoms with Gasteiger partial charge in [-0.05, 0) is 54.7 Å². The monoisotopic (exact) mass is 366 g/mol. The van der Waals surface area contributed by atoms with E-state index in [1.165, 1.54) is 17.5 Å². The highest BCUT2D eigenvalue weighted by molar-refractivity contribution is 5.39. The van der Waals surface area contributed by atoms with Crippen LogP contribution in [0.4, 0.5) is 0 Å². The minimum atomic E-state index is 0.345. The van der Waals surface area contributed by atoms with Gasteiger partial charge in [0.05, 0.1) is 13.2 Å². The molecule has 1 fully saturated rings. The molecular weight excluding hydrogens is 340 g/mol. The first-order chi connectivity index (χ1) is 13.3. The smallest absolute Gasteiger partial charge is 0.155 e. The summed E-state index contributed by atoms with van der Waals surface area (Å²) >= 11 is 0. The number of nitrogens with zero attached hydrogens (tertiary/aromatic N) is 4. The van der Waals surface area contributed by atoms with Crippen molar-refractivity contribution in [2.45, 2.75) is 31.9 Å². The fourth-order valence-corrected chi connectivity index (χ4v) is 3.60. The molecule has 1 saturated heterocycles. The van der Waals surface area contributed by atoms with Crippen LogP contribution in [0.2, 0.25) is 0 Å². The van der Waals surface area contributed by atoms with Crippen LogP contribution >= 0.6 is 0 Å². The third-order valence-corrected chi connectivity index (χ3v) is 5.11. The highest BCUT2D eigenvalue weighted by atomic mass is 16.5.